The van der Waals surface area contributed by atoms with Gasteiger partial charge < -0.3 is 5.11 Å². The van der Waals surface area contributed by atoms with Gasteiger partial charge in [0, 0.05) is 21.2 Å². The number of carbonyl (C=O) groups excluding carboxylic acids is 1. The Bertz CT molecular complexity index is 676. The molecule has 0 fully saturated rings. The zero-order valence-electron chi connectivity index (χ0n) is 10.1. The molecular weight excluding hydrogens is 319 g/mol. The van der Waals surface area contributed by atoms with E-state index in [0.717, 1.165) is 0 Å². The second-order valence-electron chi connectivity index (χ2n) is 4.03. The predicted octanol–water partition coefficient (Wildman–Crippen LogP) is 5.25. The van der Waals surface area contributed by atoms with Crippen LogP contribution in [0.4, 0.5) is 0 Å². The lowest BCUT2D eigenvalue weighted by molar-refractivity contribution is 0.104. The van der Waals surface area contributed by atoms with Crippen molar-refractivity contribution in [2.75, 3.05) is 0 Å². The first-order valence-electron chi connectivity index (χ1n) is 5.63. The number of phenols is 1. The number of hydrogen-bond donors (Lipinski definition) is 1. The fourth-order valence-electron chi connectivity index (χ4n) is 1.59. The molecule has 0 heterocycles. The SMILES string of the molecule is O=C(/C=C\c1cc(Cl)cc(Cl)c1O)c1ccc(Cl)cc1. The first-order valence-corrected chi connectivity index (χ1v) is 6.77. The molecule has 2 rings (SSSR count). The third-order valence-corrected chi connectivity index (χ3v) is 3.36. The summed E-state index contributed by atoms with van der Waals surface area (Å²) in [6.45, 7) is 0. The Kier molecular flexibility index (Phi) is 4.71. The van der Waals surface area contributed by atoms with Crippen LogP contribution in [-0.4, -0.2) is 10.9 Å². The Morgan fingerprint density at radius 3 is 2.30 bits per heavy atom. The van der Waals surface area contributed by atoms with E-state index in [1.54, 1.807) is 24.3 Å². The summed E-state index contributed by atoms with van der Waals surface area (Å²) in [6, 6.07) is 9.47. The average Bonchev–Trinajstić information content (AvgIpc) is 2.41. The van der Waals surface area contributed by atoms with E-state index in [4.69, 9.17) is 34.8 Å². The number of halogens is 3. The van der Waals surface area contributed by atoms with Crippen LogP contribution in [-0.2, 0) is 0 Å². The summed E-state index contributed by atoms with van der Waals surface area (Å²) in [5, 5.41) is 10.8. The van der Waals surface area contributed by atoms with Crippen LogP contribution in [0.1, 0.15) is 15.9 Å². The van der Waals surface area contributed by atoms with Gasteiger partial charge in [0.05, 0.1) is 5.02 Å². The first-order chi connectivity index (χ1) is 9.47. The summed E-state index contributed by atoms with van der Waals surface area (Å²) in [4.78, 5) is 11.9. The minimum Gasteiger partial charge on any atom is -0.506 e. The highest BCUT2D eigenvalue weighted by Gasteiger charge is 2.06. The van der Waals surface area contributed by atoms with Gasteiger partial charge in [0.2, 0.25) is 0 Å². The second-order valence-corrected chi connectivity index (χ2v) is 5.31. The molecule has 1 N–H and O–H groups in total. The lowest BCUT2D eigenvalue weighted by atomic mass is 10.1. The van der Waals surface area contributed by atoms with Gasteiger partial charge in [-0.2, -0.15) is 0 Å². The molecule has 0 atom stereocenters. The summed E-state index contributed by atoms with van der Waals surface area (Å²) < 4.78 is 0. The molecule has 0 bridgehead atoms. The Morgan fingerprint density at radius 1 is 1.00 bits per heavy atom. The van der Waals surface area contributed by atoms with Crippen LogP contribution >= 0.6 is 34.8 Å². The average molecular weight is 328 g/mol. The molecule has 102 valence electrons. The van der Waals surface area contributed by atoms with Crippen molar-refractivity contribution in [3.8, 4) is 5.75 Å². The van der Waals surface area contributed by atoms with Gasteiger partial charge in [-0.15, -0.1) is 0 Å². The maximum absolute atomic E-state index is 11.9. The van der Waals surface area contributed by atoms with E-state index in [0.29, 0.717) is 21.2 Å². The third-order valence-electron chi connectivity index (χ3n) is 2.60. The molecule has 2 aromatic carbocycles. The van der Waals surface area contributed by atoms with Crippen molar-refractivity contribution in [3.63, 3.8) is 0 Å². The molecule has 20 heavy (non-hydrogen) atoms. The molecular formula is C15H9Cl3O2. The Balaban J connectivity index is 2.25. The van der Waals surface area contributed by atoms with Crippen LogP contribution < -0.4 is 0 Å². The minimum atomic E-state index is -0.211. The summed E-state index contributed by atoms with van der Waals surface area (Å²) in [5.74, 6) is -0.326. The molecule has 0 aromatic heterocycles. The van der Waals surface area contributed by atoms with E-state index in [2.05, 4.69) is 0 Å². The molecule has 0 aliphatic rings. The van der Waals surface area contributed by atoms with Gasteiger partial charge in [-0.25, -0.2) is 0 Å². The van der Waals surface area contributed by atoms with Crippen LogP contribution in [0.2, 0.25) is 15.1 Å². The van der Waals surface area contributed by atoms with Crippen LogP contribution in [0.5, 0.6) is 5.75 Å². The highest BCUT2D eigenvalue weighted by molar-refractivity contribution is 6.36. The Hall–Kier alpha value is -1.48. The van der Waals surface area contributed by atoms with Gasteiger partial charge >= 0.3 is 0 Å². The monoisotopic (exact) mass is 326 g/mol. The third kappa shape index (κ3) is 3.54. The number of aromatic hydroxyl groups is 1. The summed E-state index contributed by atoms with van der Waals surface area (Å²) in [6.07, 6.45) is 2.80. The summed E-state index contributed by atoms with van der Waals surface area (Å²) in [5.41, 5.74) is 0.878. The Morgan fingerprint density at radius 2 is 1.65 bits per heavy atom. The van der Waals surface area contributed by atoms with Crippen molar-refractivity contribution in [2.24, 2.45) is 0 Å². The predicted molar refractivity (Wildman–Crippen MR) is 82.9 cm³/mol. The largest absolute Gasteiger partial charge is 0.506 e. The standard InChI is InChI=1S/C15H9Cl3O2/c16-11-4-1-9(2-5-11)14(19)6-3-10-7-12(17)8-13(18)15(10)20/h1-8,20H/b6-3-. The van der Waals surface area contributed by atoms with Crippen LogP contribution in [0.15, 0.2) is 42.5 Å². The first kappa shape index (κ1) is 14.9. The number of benzene rings is 2. The molecule has 0 radical (unpaired) electrons. The van der Waals surface area contributed by atoms with E-state index in [-0.39, 0.29) is 16.6 Å². The fourth-order valence-corrected chi connectivity index (χ4v) is 2.22. The number of ketones is 1. The molecule has 5 heteroatoms. The van der Waals surface area contributed by atoms with Gasteiger partial charge in [-0.3, -0.25) is 4.79 Å². The topological polar surface area (TPSA) is 37.3 Å². The summed E-state index contributed by atoms with van der Waals surface area (Å²) in [7, 11) is 0. The lowest BCUT2D eigenvalue weighted by Crippen LogP contribution is -1.93. The van der Waals surface area contributed by atoms with E-state index in [1.807, 2.05) is 0 Å². The molecule has 2 aromatic rings. The van der Waals surface area contributed by atoms with Crippen molar-refractivity contribution in [2.45, 2.75) is 0 Å². The number of hydrogen-bond acceptors (Lipinski definition) is 2. The summed E-state index contributed by atoms with van der Waals surface area (Å²) >= 11 is 17.4. The van der Waals surface area contributed by atoms with Gasteiger partial charge in [-0.05, 0) is 48.6 Å². The maximum Gasteiger partial charge on any atom is 0.185 e. The zero-order chi connectivity index (χ0) is 14.7. The van der Waals surface area contributed by atoms with Crippen molar-refractivity contribution in [3.05, 3.63) is 68.7 Å². The maximum atomic E-state index is 11.9. The van der Waals surface area contributed by atoms with Gasteiger partial charge in [-0.1, -0.05) is 34.8 Å². The quantitative estimate of drug-likeness (QED) is 0.617. The molecule has 0 aliphatic carbocycles. The lowest BCUT2D eigenvalue weighted by Gasteiger charge is -2.02. The molecule has 0 saturated carbocycles. The van der Waals surface area contributed by atoms with Crippen molar-refractivity contribution in [1.82, 2.24) is 0 Å². The highest BCUT2D eigenvalue weighted by atomic mass is 35.5. The smallest absolute Gasteiger partial charge is 0.185 e. The number of carbonyl (C=O) groups is 1. The molecule has 0 unspecified atom stereocenters. The van der Waals surface area contributed by atoms with E-state index < -0.39 is 0 Å². The molecule has 2 nitrogen and oxygen atoms in total. The highest BCUT2D eigenvalue weighted by Crippen LogP contribution is 2.32. The van der Waals surface area contributed by atoms with Crippen LogP contribution in [0.25, 0.3) is 6.08 Å². The van der Waals surface area contributed by atoms with E-state index in [1.165, 1.54) is 24.3 Å². The van der Waals surface area contributed by atoms with Gasteiger partial charge in [0.25, 0.3) is 0 Å². The zero-order valence-corrected chi connectivity index (χ0v) is 12.4. The van der Waals surface area contributed by atoms with E-state index >= 15 is 0 Å². The molecule has 0 saturated heterocycles. The minimum absolute atomic E-state index is 0.115. The van der Waals surface area contributed by atoms with E-state index in [9.17, 15) is 9.90 Å². The van der Waals surface area contributed by atoms with Gasteiger partial charge in [0.15, 0.2) is 5.78 Å². The molecule has 0 aliphatic heterocycles. The van der Waals surface area contributed by atoms with Crippen LogP contribution in [0.3, 0.4) is 0 Å². The number of rotatable bonds is 3. The fraction of sp³-hybridized carbons (Fsp3) is 0. The molecule has 0 spiro atoms. The van der Waals surface area contributed by atoms with Crippen molar-refractivity contribution in [1.29, 1.82) is 0 Å². The van der Waals surface area contributed by atoms with Crippen molar-refractivity contribution >= 4 is 46.7 Å². The molecule has 0 amide bonds. The Labute approximate surface area is 131 Å². The normalized spacial score (nSPS) is 10.9. The number of allylic oxidation sites excluding steroid dienone is 1. The van der Waals surface area contributed by atoms with Gasteiger partial charge in [0.1, 0.15) is 5.75 Å². The number of phenolic OH excluding ortho intramolecular Hbond substituents is 1. The second kappa shape index (κ2) is 6.31. The van der Waals surface area contributed by atoms with Crippen LogP contribution in [0, 0.1) is 0 Å². The van der Waals surface area contributed by atoms with Crippen molar-refractivity contribution < 1.29 is 9.90 Å².